The molecule has 6 nitrogen and oxygen atoms in total. The first-order valence-corrected chi connectivity index (χ1v) is 17.0. The second-order valence-electron chi connectivity index (χ2n) is 10.5. The first-order valence-electron chi connectivity index (χ1n) is 15.8. The Balaban J connectivity index is 2.44. The van der Waals surface area contributed by atoms with Gasteiger partial charge in [-0.25, -0.2) is 4.79 Å². The van der Waals surface area contributed by atoms with Crippen LogP contribution in [0.2, 0.25) is 0 Å². The molecular formula is C32H57N3O3S2. The fraction of sp³-hybridized carbons (Fsp3) is 0.750. The fourth-order valence-electron chi connectivity index (χ4n) is 4.73. The summed E-state index contributed by atoms with van der Waals surface area (Å²) in [5.41, 5.74) is 1.20. The third kappa shape index (κ3) is 16.8. The van der Waals surface area contributed by atoms with Crippen LogP contribution in [0.15, 0.2) is 24.3 Å². The largest absolute Gasteiger partial charge is 0.415 e. The van der Waals surface area contributed by atoms with Gasteiger partial charge in [-0.1, -0.05) is 51.7 Å². The van der Waals surface area contributed by atoms with Crippen LogP contribution in [0.3, 0.4) is 0 Å². The molecule has 8 heteroatoms. The van der Waals surface area contributed by atoms with Crippen molar-refractivity contribution in [2.24, 2.45) is 0 Å². The number of rotatable bonds is 24. The van der Waals surface area contributed by atoms with Gasteiger partial charge in [0.05, 0.1) is 0 Å². The maximum atomic E-state index is 13.0. The van der Waals surface area contributed by atoms with Crippen LogP contribution < -0.4 is 4.74 Å². The van der Waals surface area contributed by atoms with Crippen molar-refractivity contribution in [3.05, 3.63) is 29.8 Å². The lowest BCUT2D eigenvalue weighted by molar-refractivity contribution is -0.131. The molecule has 0 heterocycles. The van der Waals surface area contributed by atoms with Crippen molar-refractivity contribution in [2.75, 3.05) is 57.3 Å². The monoisotopic (exact) mass is 595 g/mol. The molecule has 0 bridgehead atoms. The van der Waals surface area contributed by atoms with E-state index in [4.69, 9.17) is 4.74 Å². The van der Waals surface area contributed by atoms with E-state index in [1.54, 1.807) is 4.90 Å². The number of carbonyl (C=O) groups is 2. The van der Waals surface area contributed by atoms with Crippen LogP contribution in [0.1, 0.15) is 97.0 Å². The molecule has 0 aromatic heterocycles. The minimum absolute atomic E-state index is 0.297. The van der Waals surface area contributed by atoms with Gasteiger partial charge in [0.2, 0.25) is 5.91 Å². The number of aryl methyl sites for hydroxylation is 1. The van der Waals surface area contributed by atoms with Crippen LogP contribution in [-0.4, -0.2) is 84.0 Å². The molecule has 0 spiro atoms. The number of carbonyl (C=O) groups excluding carboxylic acids is 2. The Kier molecular flexibility index (Phi) is 22.2. The minimum atomic E-state index is -0.297. The van der Waals surface area contributed by atoms with Crippen molar-refractivity contribution in [3.63, 3.8) is 0 Å². The molecule has 0 aliphatic carbocycles. The number of thiol groups is 2. The van der Waals surface area contributed by atoms with Gasteiger partial charge in [0.15, 0.2) is 0 Å². The first kappa shape index (κ1) is 36.6. The number of benzene rings is 1. The maximum Gasteiger partial charge on any atom is 0.415 e. The van der Waals surface area contributed by atoms with Gasteiger partial charge in [-0.3, -0.25) is 4.79 Å². The summed E-state index contributed by atoms with van der Waals surface area (Å²) in [5, 5.41) is 0. The Bertz CT molecular complexity index is 761. The molecule has 0 radical (unpaired) electrons. The second-order valence-corrected chi connectivity index (χ2v) is 11.4. The maximum absolute atomic E-state index is 13.0. The van der Waals surface area contributed by atoms with Crippen LogP contribution in [0.4, 0.5) is 4.79 Å². The molecule has 230 valence electrons. The van der Waals surface area contributed by atoms with Crippen LogP contribution in [-0.2, 0) is 11.2 Å². The smallest absolute Gasteiger partial charge is 0.410 e. The van der Waals surface area contributed by atoms with Gasteiger partial charge >= 0.3 is 6.09 Å². The van der Waals surface area contributed by atoms with E-state index < -0.39 is 0 Å². The molecule has 1 aromatic rings. The molecule has 0 saturated heterocycles. The van der Waals surface area contributed by atoms with Gasteiger partial charge in [-0.05, 0) is 94.2 Å². The molecule has 0 aliphatic heterocycles. The molecule has 0 fully saturated rings. The van der Waals surface area contributed by atoms with Gasteiger partial charge in [0.25, 0.3) is 0 Å². The van der Waals surface area contributed by atoms with Crippen molar-refractivity contribution in [2.45, 2.75) is 97.8 Å². The van der Waals surface area contributed by atoms with E-state index in [2.05, 4.69) is 48.9 Å². The van der Waals surface area contributed by atoms with Crippen molar-refractivity contribution in [1.82, 2.24) is 14.7 Å². The molecule has 0 saturated carbocycles. The lowest BCUT2D eigenvalue weighted by Gasteiger charge is -2.24. The Hall–Kier alpha value is -1.38. The number of amides is 2. The molecule has 0 N–H and O–H groups in total. The molecule has 0 unspecified atom stereocenters. The summed E-state index contributed by atoms with van der Waals surface area (Å²) in [6.45, 7) is 12.1. The molecule has 40 heavy (non-hydrogen) atoms. The summed E-state index contributed by atoms with van der Waals surface area (Å²) in [5.74, 6) is 2.75. The number of likely N-dealkylation sites (N-methyl/N-ethyl adjacent to an activating group) is 2. The summed E-state index contributed by atoms with van der Waals surface area (Å²) < 4.78 is 5.62. The van der Waals surface area contributed by atoms with E-state index in [9.17, 15) is 9.59 Å². The van der Waals surface area contributed by atoms with E-state index >= 15 is 0 Å². The second kappa shape index (κ2) is 24.2. The predicted molar refractivity (Wildman–Crippen MR) is 176 cm³/mol. The van der Waals surface area contributed by atoms with E-state index in [0.29, 0.717) is 31.2 Å². The van der Waals surface area contributed by atoms with E-state index in [1.165, 1.54) is 31.2 Å². The number of unbranched alkanes of at least 4 members (excludes halogenated alkanes) is 7. The zero-order chi connectivity index (χ0) is 29.4. The van der Waals surface area contributed by atoms with Crippen LogP contribution in [0, 0.1) is 0 Å². The van der Waals surface area contributed by atoms with Crippen molar-refractivity contribution in [1.29, 1.82) is 0 Å². The third-order valence-corrected chi connectivity index (χ3v) is 8.11. The lowest BCUT2D eigenvalue weighted by Crippen LogP contribution is -2.40. The summed E-state index contributed by atoms with van der Waals surface area (Å²) in [6.07, 6.45) is 12.3. The number of hydrogen-bond acceptors (Lipinski definition) is 6. The summed E-state index contributed by atoms with van der Waals surface area (Å²) in [6, 6.07) is 7.80. The Morgan fingerprint density at radius 3 is 1.75 bits per heavy atom. The third-order valence-electron chi connectivity index (χ3n) is 7.48. The highest BCUT2D eigenvalue weighted by Crippen LogP contribution is 2.16. The predicted octanol–water partition coefficient (Wildman–Crippen LogP) is 7.37. The van der Waals surface area contributed by atoms with Gasteiger partial charge < -0.3 is 19.4 Å². The standard InChI is InChI=1S/C32H57N3O3S2/c1-4-33(5-2)25-26-34(6-3)32(37)38-30-21-19-29(20-22-30)17-11-12-18-31(36)35(23-13-7-9-15-27-39)24-14-8-10-16-28-40/h19-22,39-40H,4-18,23-28H2,1-3H3. The Morgan fingerprint density at radius 1 is 0.650 bits per heavy atom. The quantitative estimate of drug-likeness (QED) is 0.0968. The van der Waals surface area contributed by atoms with Crippen LogP contribution in [0.25, 0.3) is 0 Å². The van der Waals surface area contributed by atoms with Gasteiger partial charge in [-0.15, -0.1) is 0 Å². The van der Waals surface area contributed by atoms with E-state index in [-0.39, 0.29) is 6.09 Å². The van der Waals surface area contributed by atoms with Gasteiger partial charge in [-0.2, -0.15) is 25.3 Å². The van der Waals surface area contributed by atoms with Crippen LogP contribution in [0.5, 0.6) is 5.75 Å². The summed E-state index contributed by atoms with van der Waals surface area (Å²) in [4.78, 5) is 31.8. The SMILES string of the molecule is CCN(CC)CCN(CC)C(=O)Oc1ccc(CCCCC(=O)N(CCCCCCS)CCCCCCS)cc1. The zero-order valence-corrected chi connectivity index (χ0v) is 27.4. The van der Waals surface area contributed by atoms with Crippen molar-refractivity contribution < 1.29 is 14.3 Å². The topological polar surface area (TPSA) is 53.1 Å². The van der Waals surface area contributed by atoms with Crippen molar-refractivity contribution in [3.8, 4) is 5.75 Å². The van der Waals surface area contributed by atoms with E-state index in [0.717, 1.165) is 89.2 Å². The number of ether oxygens (including phenoxy) is 1. The highest BCUT2D eigenvalue weighted by atomic mass is 32.1. The summed E-state index contributed by atoms with van der Waals surface area (Å²) >= 11 is 8.60. The Labute approximate surface area is 256 Å². The Morgan fingerprint density at radius 2 is 1.23 bits per heavy atom. The normalized spacial score (nSPS) is 11.2. The number of hydrogen-bond donors (Lipinski definition) is 2. The molecule has 1 aromatic carbocycles. The molecular weight excluding hydrogens is 539 g/mol. The zero-order valence-electron chi connectivity index (χ0n) is 25.6. The number of nitrogens with zero attached hydrogens (tertiary/aromatic N) is 3. The lowest BCUT2D eigenvalue weighted by atomic mass is 10.1. The van der Waals surface area contributed by atoms with Gasteiger partial charge in [0.1, 0.15) is 5.75 Å². The molecule has 0 aliphatic rings. The average molecular weight is 596 g/mol. The first-order chi connectivity index (χ1) is 19.5. The average Bonchev–Trinajstić information content (AvgIpc) is 2.97. The van der Waals surface area contributed by atoms with E-state index in [1.807, 2.05) is 31.2 Å². The van der Waals surface area contributed by atoms with Crippen LogP contribution >= 0.6 is 25.3 Å². The molecule has 0 atom stereocenters. The van der Waals surface area contributed by atoms with Gasteiger partial charge in [0, 0.05) is 39.1 Å². The summed E-state index contributed by atoms with van der Waals surface area (Å²) in [7, 11) is 0. The van der Waals surface area contributed by atoms with Crippen molar-refractivity contribution >= 4 is 37.3 Å². The molecule has 2 amide bonds. The fourth-order valence-corrected chi connectivity index (χ4v) is 5.18. The highest BCUT2D eigenvalue weighted by Gasteiger charge is 2.15. The highest BCUT2D eigenvalue weighted by molar-refractivity contribution is 7.80. The minimum Gasteiger partial charge on any atom is -0.410 e. The molecule has 1 rings (SSSR count).